The van der Waals surface area contributed by atoms with Crippen molar-refractivity contribution >= 4 is 42.1 Å². The van der Waals surface area contributed by atoms with Gasteiger partial charge in [-0.2, -0.15) is 0 Å². The molecule has 0 aliphatic carbocycles. The fraction of sp³-hybridized carbons (Fsp3) is 0.533. The van der Waals surface area contributed by atoms with E-state index >= 15 is 0 Å². The molecule has 1 atom stereocenters. The second-order valence-corrected chi connectivity index (χ2v) is 5.12. The summed E-state index contributed by atoms with van der Waals surface area (Å²) >= 11 is 0. The fourth-order valence-electron chi connectivity index (χ4n) is 2.88. The predicted molar refractivity (Wildman–Crippen MR) is 93.8 cm³/mol. The first-order chi connectivity index (χ1) is 9.81. The number of anilines is 2. The Kier molecular flexibility index (Phi) is 7.42. The lowest BCUT2D eigenvalue weighted by molar-refractivity contribution is -0.131. The third-order valence-electron chi connectivity index (χ3n) is 3.96. The number of morpholine rings is 1. The Morgan fingerprint density at radius 2 is 2.00 bits per heavy atom. The third-order valence-corrected chi connectivity index (χ3v) is 3.96. The van der Waals surface area contributed by atoms with Gasteiger partial charge in [-0.3, -0.25) is 4.79 Å². The molecule has 5 nitrogen and oxygen atoms in total. The zero-order chi connectivity index (χ0) is 13.9. The first-order valence-corrected chi connectivity index (χ1v) is 7.29. The number of amides is 1. The Hall–Kier alpha value is -1.01. The van der Waals surface area contributed by atoms with Gasteiger partial charge in [-0.25, -0.2) is 0 Å². The number of nitrogens with one attached hydrogen (secondary N) is 1. The number of carbonyl (C=O) groups is 1. The number of fused-ring (bicyclic) bond motifs is 1. The summed E-state index contributed by atoms with van der Waals surface area (Å²) in [5.41, 5.74) is 2.14. The van der Waals surface area contributed by atoms with Gasteiger partial charge in [-0.15, -0.1) is 24.8 Å². The molecule has 124 valence electrons. The van der Waals surface area contributed by atoms with Crippen molar-refractivity contribution in [3.63, 3.8) is 0 Å². The number of nitrogens with zero attached hydrogens (tertiary/aromatic N) is 2. The first-order valence-electron chi connectivity index (χ1n) is 7.29. The van der Waals surface area contributed by atoms with E-state index in [2.05, 4.69) is 23.2 Å². The Morgan fingerprint density at radius 1 is 1.27 bits per heavy atom. The van der Waals surface area contributed by atoms with Gasteiger partial charge < -0.3 is 19.9 Å². The van der Waals surface area contributed by atoms with E-state index in [4.69, 9.17) is 4.74 Å². The number of likely N-dealkylation sites (N-methyl/N-ethyl adjacent to an activating group) is 1. The number of para-hydroxylation sites is 2. The molecular formula is C15H23Cl2N3O2. The molecule has 0 bridgehead atoms. The number of rotatable bonds is 2. The maximum Gasteiger partial charge on any atom is 0.257 e. The highest BCUT2D eigenvalue weighted by atomic mass is 35.5. The summed E-state index contributed by atoms with van der Waals surface area (Å²) in [6.07, 6.45) is -0.356. The topological polar surface area (TPSA) is 44.8 Å². The number of benzene rings is 1. The second kappa shape index (κ2) is 8.58. The van der Waals surface area contributed by atoms with Crippen LogP contribution in [0.5, 0.6) is 0 Å². The van der Waals surface area contributed by atoms with Crippen LogP contribution in [-0.4, -0.2) is 51.3 Å². The monoisotopic (exact) mass is 347 g/mol. The minimum absolute atomic E-state index is 0. The SMILES string of the molecule is CCN1CCN(C(=O)C2CNCCO2)c2ccccc21.Cl.Cl. The zero-order valence-corrected chi connectivity index (χ0v) is 14.3. The number of hydrogen-bond acceptors (Lipinski definition) is 4. The van der Waals surface area contributed by atoms with Crippen LogP contribution in [0.15, 0.2) is 24.3 Å². The van der Waals surface area contributed by atoms with Crippen LogP contribution in [0.3, 0.4) is 0 Å². The first kappa shape index (κ1) is 19.0. The van der Waals surface area contributed by atoms with E-state index in [-0.39, 0.29) is 36.8 Å². The predicted octanol–water partition coefficient (Wildman–Crippen LogP) is 1.69. The molecule has 1 fully saturated rings. The molecule has 7 heteroatoms. The van der Waals surface area contributed by atoms with Crippen molar-refractivity contribution < 1.29 is 9.53 Å². The summed E-state index contributed by atoms with van der Waals surface area (Å²) in [6, 6.07) is 8.11. The molecule has 1 N–H and O–H groups in total. The summed E-state index contributed by atoms with van der Waals surface area (Å²) in [5.74, 6) is 0.0698. The minimum Gasteiger partial charge on any atom is -0.368 e. The summed E-state index contributed by atoms with van der Waals surface area (Å²) in [5, 5.41) is 3.22. The second-order valence-electron chi connectivity index (χ2n) is 5.12. The Labute approximate surface area is 143 Å². The van der Waals surface area contributed by atoms with Crippen molar-refractivity contribution in [1.82, 2.24) is 5.32 Å². The maximum absolute atomic E-state index is 12.7. The molecule has 0 aromatic heterocycles. The van der Waals surface area contributed by atoms with Gasteiger partial charge in [0.05, 0.1) is 18.0 Å². The van der Waals surface area contributed by atoms with E-state index in [0.717, 1.165) is 37.6 Å². The van der Waals surface area contributed by atoms with Gasteiger partial charge in [0, 0.05) is 32.7 Å². The Morgan fingerprint density at radius 3 is 2.64 bits per heavy atom. The quantitative estimate of drug-likeness (QED) is 0.884. The number of ether oxygens (including phenoxy) is 1. The van der Waals surface area contributed by atoms with Gasteiger partial charge in [-0.1, -0.05) is 12.1 Å². The average Bonchev–Trinajstić information content (AvgIpc) is 2.54. The van der Waals surface area contributed by atoms with Crippen LogP contribution < -0.4 is 15.1 Å². The van der Waals surface area contributed by atoms with Gasteiger partial charge in [0.15, 0.2) is 0 Å². The molecule has 1 aromatic rings. The molecule has 2 aliphatic heterocycles. The molecule has 0 saturated carbocycles. The molecule has 0 spiro atoms. The molecule has 0 radical (unpaired) electrons. The van der Waals surface area contributed by atoms with Crippen molar-refractivity contribution in [2.75, 3.05) is 49.1 Å². The van der Waals surface area contributed by atoms with Crippen molar-refractivity contribution in [1.29, 1.82) is 0 Å². The molecule has 1 amide bonds. The Balaban J connectivity index is 0.00000121. The lowest BCUT2D eigenvalue weighted by atomic mass is 10.1. The lowest BCUT2D eigenvalue weighted by Gasteiger charge is -2.39. The summed E-state index contributed by atoms with van der Waals surface area (Å²) in [7, 11) is 0. The van der Waals surface area contributed by atoms with Crippen molar-refractivity contribution in [2.24, 2.45) is 0 Å². The zero-order valence-electron chi connectivity index (χ0n) is 12.7. The molecule has 2 heterocycles. The van der Waals surface area contributed by atoms with E-state index in [1.54, 1.807) is 0 Å². The minimum atomic E-state index is -0.356. The van der Waals surface area contributed by atoms with Crippen LogP contribution in [-0.2, 0) is 9.53 Å². The highest BCUT2D eigenvalue weighted by molar-refractivity contribution is 6.00. The Bertz CT molecular complexity index is 495. The molecule has 22 heavy (non-hydrogen) atoms. The maximum atomic E-state index is 12.7. The van der Waals surface area contributed by atoms with Crippen LogP contribution in [0.4, 0.5) is 11.4 Å². The van der Waals surface area contributed by atoms with Gasteiger partial charge >= 0.3 is 0 Å². The average molecular weight is 348 g/mol. The highest BCUT2D eigenvalue weighted by Gasteiger charge is 2.31. The van der Waals surface area contributed by atoms with Crippen LogP contribution in [0.1, 0.15) is 6.92 Å². The van der Waals surface area contributed by atoms with E-state index in [1.807, 2.05) is 23.1 Å². The summed E-state index contributed by atoms with van der Waals surface area (Å²) in [4.78, 5) is 16.8. The van der Waals surface area contributed by atoms with Crippen LogP contribution >= 0.6 is 24.8 Å². The van der Waals surface area contributed by atoms with Crippen molar-refractivity contribution in [2.45, 2.75) is 13.0 Å². The smallest absolute Gasteiger partial charge is 0.257 e. The molecule has 1 saturated heterocycles. The van der Waals surface area contributed by atoms with Crippen LogP contribution in [0.2, 0.25) is 0 Å². The molecule has 2 aliphatic rings. The normalized spacial score (nSPS) is 20.5. The molecule has 1 unspecified atom stereocenters. The van der Waals surface area contributed by atoms with E-state index in [0.29, 0.717) is 13.2 Å². The third kappa shape index (κ3) is 3.66. The number of carbonyl (C=O) groups excluding carboxylic acids is 1. The van der Waals surface area contributed by atoms with Gasteiger partial charge in [-0.05, 0) is 19.1 Å². The standard InChI is InChI=1S/C15H21N3O2.2ClH/c1-2-17-8-9-18(13-6-4-3-5-12(13)17)15(19)14-11-16-7-10-20-14;;/h3-6,14,16H,2,7-11H2,1H3;2*1H. The molecular weight excluding hydrogens is 325 g/mol. The largest absolute Gasteiger partial charge is 0.368 e. The van der Waals surface area contributed by atoms with Crippen LogP contribution in [0.25, 0.3) is 0 Å². The van der Waals surface area contributed by atoms with Crippen molar-refractivity contribution in [3.8, 4) is 0 Å². The molecule has 3 rings (SSSR count). The number of halogens is 2. The highest BCUT2D eigenvalue weighted by Crippen LogP contribution is 2.33. The van der Waals surface area contributed by atoms with Gasteiger partial charge in [0.25, 0.3) is 5.91 Å². The molecule has 1 aromatic carbocycles. The van der Waals surface area contributed by atoms with Crippen LogP contribution in [0, 0.1) is 0 Å². The summed E-state index contributed by atoms with van der Waals surface area (Å²) < 4.78 is 5.59. The van der Waals surface area contributed by atoms with E-state index in [1.165, 1.54) is 0 Å². The van der Waals surface area contributed by atoms with Gasteiger partial charge in [0.2, 0.25) is 0 Å². The lowest BCUT2D eigenvalue weighted by Crippen LogP contribution is -2.53. The van der Waals surface area contributed by atoms with E-state index in [9.17, 15) is 4.79 Å². The van der Waals surface area contributed by atoms with Gasteiger partial charge in [0.1, 0.15) is 6.10 Å². The van der Waals surface area contributed by atoms with Crippen molar-refractivity contribution in [3.05, 3.63) is 24.3 Å². The fourth-order valence-corrected chi connectivity index (χ4v) is 2.88. The van der Waals surface area contributed by atoms with E-state index < -0.39 is 0 Å². The summed E-state index contributed by atoms with van der Waals surface area (Å²) in [6.45, 7) is 6.73. The number of hydrogen-bond donors (Lipinski definition) is 1.